The third-order valence-electron chi connectivity index (χ3n) is 3.27. The van der Waals surface area contributed by atoms with Crippen molar-refractivity contribution in [1.82, 2.24) is 10.6 Å². The molecule has 0 aromatic heterocycles. The predicted molar refractivity (Wildman–Crippen MR) is 88.0 cm³/mol. The van der Waals surface area contributed by atoms with E-state index < -0.39 is 0 Å². The van der Waals surface area contributed by atoms with E-state index in [0.29, 0.717) is 26.0 Å². The highest BCUT2D eigenvalue weighted by atomic mass is 16.5. The summed E-state index contributed by atoms with van der Waals surface area (Å²) in [5.41, 5.74) is 0. The van der Waals surface area contributed by atoms with Gasteiger partial charge in [0, 0.05) is 39.3 Å². The van der Waals surface area contributed by atoms with E-state index in [1.165, 1.54) is 12.8 Å². The molecule has 0 aliphatic heterocycles. The maximum atomic E-state index is 11.2. The van der Waals surface area contributed by atoms with Crippen LogP contribution in [0.25, 0.3) is 0 Å². The zero-order valence-electron chi connectivity index (χ0n) is 14.0. The molecule has 0 aromatic carbocycles. The number of carbonyl (C=O) groups is 1. The average molecular weight is 313 g/mol. The maximum absolute atomic E-state index is 11.2. The monoisotopic (exact) mass is 313 g/mol. The molecular formula is C16H31N3O3. The minimum absolute atomic E-state index is 0.150. The Morgan fingerprint density at radius 3 is 2.73 bits per heavy atom. The van der Waals surface area contributed by atoms with Crippen molar-refractivity contribution in [2.24, 2.45) is 10.9 Å². The minimum atomic E-state index is -0.150. The fraction of sp³-hybridized carbons (Fsp3) is 0.875. The van der Waals surface area contributed by atoms with Gasteiger partial charge in [0.1, 0.15) is 0 Å². The lowest BCUT2D eigenvalue weighted by molar-refractivity contribution is -0.143. The lowest BCUT2D eigenvalue weighted by Gasteiger charge is -2.11. The number of carbonyl (C=O) groups excluding carboxylic acids is 1. The molecule has 128 valence electrons. The molecule has 0 spiro atoms. The second-order valence-corrected chi connectivity index (χ2v) is 5.47. The molecule has 1 aliphatic rings. The molecule has 1 rings (SSSR count). The van der Waals surface area contributed by atoms with E-state index in [1.54, 1.807) is 0 Å². The highest BCUT2D eigenvalue weighted by Gasteiger charge is 2.20. The van der Waals surface area contributed by atoms with Crippen LogP contribution in [0.1, 0.15) is 46.0 Å². The van der Waals surface area contributed by atoms with Gasteiger partial charge in [0.05, 0.1) is 6.61 Å². The van der Waals surface area contributed by atoms with E-state index in [0.717, 1.165) is 44.6 Å². The topological polar surface area (TPSA) is 72.0 Å². The van der Waals surface area contributed by atoms with Crippen molar-refractivity contribution in [3.8, 4) is 0 Å². The first-order valence-corrected chi connectivity index (χ1v) is 8.51. The summed E-state index contributed by atoms with van der Waals surface area (Å²) in [5.74, 6) is 1.48. The molecule has 0 aromatic rings. The van der Waals surface area contributed by atoms with Crippen LogP contribution in [0.5, 0.6) is 0 Å². The zero-order valence-corrected chi connectivity index (χ0v) is 14.0. The van der Waals surface area contributed by atoms with Crippen LogP contribution < -0.4 is 10.6 Å². The second-order valence-electron chi connectivity index (χ2n) is 5.47. The Morgan fingerprint density at radius 1 is 1.23 bits per heavy atom. The van der Waals surface area contributed by atoms with Gasteiger partial charge < -0.3 is 20.1 Å². The molecule has 2 N–H and O–H groups in total. The Morgan fingerprint density at radius 2 is 2.05 bits per heavy atom. The molecule has 1 saturated carbocycles. The quantitative estimate of drug-likeness (QED) is 0.248. The summed E-state index contributed by atoms with van der Waals surface area (Å²) in [6.45, 7) is 8.29. The van der Waals surface area contributed by atoms with Gasteiger partial charge in [0.15, 0.2) is 5.96 Å². The third kappa shape index (κ3) is 10.4. The number of nitrogens with one attached hydrogen (secondary N) is 2. The smallest absolute Gasteiger partial charge is 0.305 e. The van der Waals surface area contributed by atoms with Crippen LogP contribution in [0.2, 0.25) is 0 Å². The summed E-state index contributed by atoms with van der Waals surface area (Å²) in [4.78, 5) is 15.7. The second kappa shape index (κ2) is 12.3. The number of nitrogens with zero attached hydrogens (tertiary/aromatic N) is 1. The van der Waals surface area contributed by atoms with Gasteiger partial charge in [-0.3, -0.25) is 9.79 Å². The molecule has 6 nitrogen and oxygen atoms in total. The molecule has 1 aliphatic carbocycles. The molecule has 0 amide bonds. The van der Waals surface area contributed by atoms with E-state index in [1.807, 2.05) is 13.8 Å². The fourth-order valence-corrected chi connectivity index (χ4v) is 1.90. The summed E-state index contributed by atoms with van der Waals surface area (Å²) >= 11 is 0. The van der Waals surface area contributed by atoms with Crippen molar-refractivity contribution in [3.05, 3.63) is 0 Å². The molecular weight excluding hydrogens is 282 g/mol. The number of hydrogen-bond donors (Lipinski definition) is 2. The molecule has 6 heteroatoms. The number of aliphatic imine (C=N–C) groups is 1. The molecule has 0 unspecified atom stereocenters. The average Bonchev–Trinajstić information content (AvgIpc) is 3.31. The van der Waals surface area contributed by atoms with Gasteiger partial charge in [-0.25, -0.2) is 0 Å². The van der Waals surface area contributed by atoms with E-state index in [-0.39, 0.29) is 5.97 Å². The third-order valence-corrected chi connectivity index (χ3v) is 3.27. The largest absolute Gasteiger partial charge is 0.466 e. The Labute approximate surface area is 134 Å². The van der Waals surface area contributed by atoms with Gasteiger partial charge in [-0.05, 0) is 45.4 Å². The summed E-state index contributed by atoms with van der Waals surface area (Å²) < 4.78 is 10.5. The Balaban J connectivity index is 2.05. The van der Waals surface area contributed by atoms with Crippen LogP contribution in [0.15, 0.2) is 4.99 Å². The van der Waals surface area contributed by atoms with Gasteiger partial charge in [0.25, 0.3) is 0 Å². The van der Waals surface area contributed by atoms with Crippen molar-refractivity contribution < 1.29 is 14.3 Å². The van der Waals surface area contributed by atoms with Gasteiger partial charge in [-0.1, -0.05) is 0 Å². The molecule has 0 atom stereocenters. The van der Waals surface area contributed by atoms with Crippen LogP contribution >= 0.6 is 0 Å². The summed E-state index contributed by atoms with van der Waals surface area (Å²) in [7, 11) is 0. The SMILES string of the molecule is CCNC(=NCCCC(=O)OCC)NCCCOCC1CC1. The maximum Gasteiger partial charge on any atom is 0.305 e. The van der Waals surface area contributed by atoms with Gasteiger partial charge >= 0.3 is 5.97 Å². The first-order chi connectivity index (χ1) is 10.8. The van der Waals surface area contributed by atoms with Crippen molar-refractivity contribution in [2.75, 3.05) is 39.5 Å². The Hall–Kier alpha value is -1.30. The highest BCUT2D eigenvalue weighted by molar-refractivity contribution is 5.79. The van der Waals surface area contributed by atoms with Gasteiger partial charge in [-0.2, -0.15) is 0 Å². The van der Waals surface area contributed by atoms with Gasteiger partial charge in [0.2, 0.25) is 0 Å². The number of esters is 1. The molecule has 22 heavy (non-hydrogen) atoms. The molecule has 0 saturated heterocycles. The van der Waals surface area contributed by atoms with Crippen LogP contribution in [0.4, 0.5) is 0 Å². The van der Waals surface area contributed by atoms with Gasteiger partial charge in [-0.15, -0.1) is 0 Å². The van der Waals surface area contributed by atoms with Crippen LogP contribution in [-0.4, -0.2) is 51.4 Å². The Bertz CT molecular complexity index is 331. The fourth-order valence-electron chi connectivity index (χ4n) is 1.90. The van der Waals surface area contributed by atoms with Crippen molar-refractivity contribution in [1.29, 1.82) is 0 Å². The summed E-state index contributed by atoms with van der Waals surface area (Å²) in [6.07, 6.45) is 4.77. The van der Waals surface area contributed by atoms with E-state index in [2.05, 4.69) is 15.6 Å². The standard InChI is InChI=1S/C16H31N3O3/c1-3-17-16(18-10-5-7-15(20)22-4-2)19-11-6-12-21-13-14-8-9-14/h14H,3-13H2,1-2H3,(H2,17,18,19). The predicted octanol–water partition coefficient (Wildman–Crippen LogP) is 1.70. The van der Waals surface area contributed by atoms with Crippen LogP contribution in [0, 0.1) is 5.92 Å². The first-order valence-electron chi connectivity index (χ1n) is 8.51. The molecule has 0 heterocycles. The number of rotatable bonds is 12. The van der Waals surface area contributed by atoms with Crippen LogP contribution in [-0.2, 0) is 14.3 Å². The van der Waals surface area contributed by atoms with Crippen molar-refractivity contribution in [2.45, 2.75) is 46.0 Å². The summed E-state index contributed by atoms with van der Waals surface area (Å²) in [6, 6.07) is 0. The Kier molecular flexibility index (Phi) is 10.5. The molecule has 1 fully saturated rings. The first kappa shape index (κ1) is 18.7. The zero-order chi connectivity index (χ0) is 16.0. The molecule has 0 radical (unpaired) electrons. The molecule has 0 bridgehead atoms. The summed E-state index contributed by atoms with van der Waals surface area (Å²) in [5, 5.41) is 6.48. The van der Waals surface area contributed by atoms with E-state index in [4.69, 9.17) is 9.47 Å². The van der Waals surface area contributed by atoms with Crippen molar-refractivity contribution >= 4 is 11.9 Å². The van der Waals surface area contributed by atoms with Crippen LogP contribution in [0.3, 0.4) is 0 Å². The normalized spacial score (nSPS) is 14.7. The number of ether oxygens (including phenoxy) is 2. The number of guanidine groups is 1. The highest BCUT2D eigenvalue weighted by Crippen LogP contribution is 2.28. The van der Waals surface area contributed by atoms with E-state index in [9.17, 15) is 4.79 Å². The minimum Gasteiger partial charge on any atom is -0.466 e. The van der Waals surface area contributed by atoms with Crippen molar-refractivity contribution in [3.63, 3.8) is 0 Å². The number of hydrogen-bond acceptors (Lipinski definition) is 4. The van der Waals surface area contributed by atoms with E-state index >= 15 is 0 Å². The lowest BCUT2D eigenvalue weighted by Crippen LogP contribution is -2.38. The lowest BCUT2D eigenvalue weighted by atomic mass is 10.3.